The average Bonchev–Trinajstić information content (AvgIpc) is 2.89. The third kappa shape index (κ3) is 3.85. The fraction of sp³-hybridized carbons (Fsp3) is 0.412. The zero-order valence-electron chi connectivity index (χ0n) is 14.1. The van der Waals surface area contributed by atoms with Gasteiger partial charge < -0.3 is 4.74 Å². The molecule has 0 unspecified atom stereocenters. The Morgan fingerprint density at radius 1 is 1.32 bits per heavy atom. The highest BCUT2D eigenvalue weighted by atomic mass is 32.2. The number of ether oxygens (including phenoxy) is 1. The molecule has 3 rings (SSSR count). The zero-order chi connectivity index (χ0) is 18.0. The van der Waals surface area contributed by atoms with E-state index in [2.05, 4.69) is 9.71 Å². The molecule has 0 saturated heterocycles. The lowest BCUT2D eigenvalue weighted by Gasteiger charge is -2.24. The minimum Gasteiger partial charge on any atom is -0.462 e. The number of carbonyl (C=O) groups excluding carboxylic acids is 1. The molecular formula is C17H20N2O4S2. The van der Waals surface area contributed by atoms with Crippen molar-refractivity contribution in [3.05, 3.63) is 40.4 Å². The van der Waals surface area contributed by atoms with Crippen LogP contribution in [0.1, 0.15) is 53.0 Å². The number of thiazole rings is 1. The summed E-state index contributed by atoms with van der Waals surface area (Å²) in [5.74, 6) is -0.240. The Hall–Kier alpha value is -1.93. The van der Waals surface area contributed by atoms with Crippen LogP contribution in [0.15, 0.2) is 29.2 Å². The van der Waals surface area contributed by atoms with Crippen LogP contribution in [-0.2, 0) is 14.8 Å². The summed E-state index contributed by atoms with van der Waals surface area (Å²) in [6.45, 7) is 3.90. The fourth-order valence-corrected chi connectivity index (χ4v) is 4.75. The number of rotatable bonds is 6. The molecule has 1 heterocycles. The normalized spacial score (nSPS) is 14.8. The Morgan fingerprint density at radius 2 is 2.00 bits per heavy atom. The van der Waals surface area contributed by atoms with E-state index in [1.165, 1.54) is 0 Å². The zero-order valence-corrected chi connectivity index (χ0v) is 15.7. The second-order valence-corrected chi connectivity index (χ2v) is 8.68. The number of esters is 1. The lowest BCUT2D eigenvalue weighted by molar-refractivity contribution is 0.0529. The van der Waals surface area contributed by atoms with Crippen molar-refractivity contribution in [2.24, 2.45) is 0 Å². The predicted molar refractivity (Wildman–Crippen MR) is 96.7 cm³/mol. The minimum absolute atomic E-state index is 0.163. The summed E-state index contributed by atoms with van der Waals surface area (Å²) in [5.41, 5.74) is 1.63. The van der Waals surface area contributed by atoms with E-state index in [9.17, 15) is 13.2 Å². The van der Waals surface area contributed by atoms with Gasteiger partial charge in [0.2, 0.25) is 0 Å². The maximum atomic E-state index is 12.5. The molecule has 0 aliphatic heterocycles. The van der Waals surface area contributed by atoms with Gasteiger partial charge in [-0.1, -0.05) is 35.5 Å². The summed E-state index contributed by atoms with van der Waals surface area (Å²) < 4.78 is 32.6. The Bertz CT molecular complexity index is 869. The molecule has 1 aliphatic rings. The van der Waals surface area contributed by atoms with Gasteiger partial charge in [0, 0.05) is 5.92 Å². The van der Waals surface area contributed by atoms with Gasteiger partial charge >= 0.3 is 5.97 Å². The second kappa shape index (κ2) is 7.13. The lowest BCUT2D eigenvalue weighted by atomic mass is 9.82. The van der Waals surface area contributed by atoms with Crippen LogP contribution in [0.2, 0.25) is 0 Å². The first-order valence-electron chi connectivity index (χ1n) is 8.18. The number of aryl methyl sites for hydroxylation is 1. The molecule has 134 valence electrons. The Labute approximate surface area is 151 Å². The van der Waals surface area contributed by atoms with Crippen molar-refractivity contribution in [1.29, 1.82) is 0 Å². The van der Waals surface area contributed by atoms with Crippen LogP contribution >= 0.6 is 11.3 Å². The van der Waals surface area contributed by atoms with Gasteiger partial charge in [-0.15, -0.1) is 0 Å². The topological polar surface area (TPSA) is 85.4 Å². The van der Waals surface area contributed by atoms with Crippen LogP contribution in [0.3, 0.4) is 0 Å². The molecule has 25 heavy (non-hydrogen) atoms. The first kappa shape index (κ1) is 17.9. The SMILES string of the molecule is CCOC(=O)c1sc(NS(=O)(=O)c2ccc(C)cc2)nc1C1CCC1. The molecule has 1 N–H and O–H groups in total. The standard InChI is InChI=1S/C17H20N2O4S2/c1-3-23-16(20)15-14(12-5-4-6-12)18-17(24-15)19-25(21,22)13-9-7-11(2)8-10-13/h7-10,12H,3-6H2,1-2H3,(H,18,19). The van der Waals surface area contributed by atoms with E-state index in [4.69, 9.17) is 4.74 Å². The number of aromatic nitrogens is 1. The maximum absolute atomic E-state index is 12.5. The largest absolute Gasteiger partial charge is 0.462 e. The van der Waals surface area contributed by atoms with E-state index in [0.717, 1.165) is 36.2 Å². The first-order chi connectivity index (χ1) is 11.9. The number of nitrogens with zero attached hydrogens (tertiary/aromatic N) is 1. The minimum atomic E-state index is -3.74. The number of carbonyl (C=O) groups is 1. The molecule has 1 fully saturated rings. The summed E-state index contributed by atoms with van der Waals surface area (Å²) in [4.78, 5) is 17.1. The third-order valence-electron chi connectivity index (χ3n) is 4.16. The molecule has 0 atom stereocenters. The predicted octanol–water partition coefficient (Wildman–Crippen LogP) is 3.70. The van der Waals surface area contributed by atoms with Crippen molar-refractivity contribution in [2.75, 3.05) is 11.3 Å². The van der Waals surface area contributed by atoms with Crippen LogP contribution in [0.25, 0.3) is 0 Å². The molecule has 1 aromatic heterocycles. The van der Waals surface area contributed by atoms with E-state index in [-0.39, 0.29) is 22.6 Å². The van der Waals surface area contributed by atoms with Crippen molar-refractivity contribution in [3.63, 3.8) is 0 Å². The number of sulfonamides is 1. The van der Waals surface area contributed by atoms with Crippen LogP contribution in [-0.4, -0.2) is 26.0 Å². The number of hydrogen-bond donors (Lipinski definition) is 1. The van der Waals surface area contributed by atoms with E-state index in [1.807, 2.05) is 6.92 Å². The van der Waals surface area contributed by atoms with Crippen molar-refractivity contribution < 1.29 is 17.9 Å². The quantitative estimate of drug-likeness (QED) is 0.773. The highest BCUT2D eigenvalue weighted by Gasteiger charge is 2.30. The molecule has 8 heteroatoms. The molecule has 1 aromatic carbocycles. The summed E-state index contributed by atoms with van der Waals surface area (Å²) >= 11 is 1.03. The number of nitrogens with one attached hydrogen (secondary N) is 1. The van der Waals surface area contributed by atoms with Crippen molar-refractivity contribution in [1.82, 2.24) is 4.98 Å². The van der Waals surface area contributed by atoms with Crippen LogP contribution in [0.5, 0.6) is 0 Å². The van der Waals surface area contributed by atoms with Crippen molar-refractivity contribution >= 4 is 32.5 Å². The number of hydrogen-bond acceptors (Lipinski definition) is 6. The molecule has 0 radical (unpaired) electrons. The van der Waals surface area contributed by atoms with E-state index < -0.39 is 16.0 Å². The summed E-state index contributed by atoms with van der Waals surface area (Å²) in [7, 11) is -3.74. The molecule has 2 aromatic rings. The fourth-order valence-electron chi connectivity index (χ4n) is 2.57. The van der Waals surface area contributed by atoms with Gasteiger partial charge in [0.25, 0.3) is 10.0 Å². The highest BCUT2D eigenvalue weighted by molar-refractivity contribution is 7.93. The van der Waals surface area contributed by atoms with E-state index in [1.54, 1.807) is 31.2 Å². The maximum Gasteiger partial charge on any atom is 0.350 e. The van der Waals surface area contributed by atoms with Gasteiger partial charge in [-0.2, -0.15) is 0 Å². The molecule has 1 saturated carbocycles. The number of benzene rings is 1. The lowest BCUT2D eigenvalue weighted by Crippen LogP contribution is -2.15. The smallest absolute Gasteiger partial charge is 0.350 e. The Morgan fingerprint density at radius 3 is 2.56 bits per heavy atom. The van der Waals surface area contributed by atoms with Crippen LogP contribution in [0, 0.1) is 6.92 Å². The Kier molecular flexibility index (Phi) is 5.10. The van der Waals surface area contributed by atoms with Crippen LogP contribution < -0.4 is 4.72 Å². The van der Waals surface area contributed by atoms with Crippen molar-refractivity contribution in [2.45, 2.75) is 43.9 Å². The molecule has 0 bridgehead atoms. The highest BCUT2D eigenvalue weighted by Crippen LogP contribution is 2.41. The third-order valence-corrected chi connectivity index (χ3v) is 6.61. The van der Waals surface area contributed by atoms with Gasteiger partial charge in [-0.3, -0.25) is 4.72 Å². The first-order valence-corrected chi connectivity index (χ1v) is 10.5. The molecule has 6 nitrogen and oxygen atoms in total. The second-order valence-electron chi connectivity index (χ2n) is 6.00. The molecule has 0 amide bonds. The average molecular weight is 380 g/mol. The Balaban J connectivity index is 1.89. The van der Waals surface area contributed by atoms with Gasteiger partial charge in [-0.05, 0) is 38.8 Å². The van der Waals surface area contributed by atoms with E-state index in [0.29, 0.717) is 10.6 Å². The van der Waals surface area contributed by atoms with Gasteiger partial charge in [0.1, 0.15) is 4.88 Å². The molecule has 1 aliphatic carbocycles. The van der Waals surface area contributed by atoms with Crippen LogP contribution in [0.4, 0.5) is 5.13 Å². The van der Waals surface area contributed by atoms with Gasteiger partial charge in [0.05, 0.1) is 17.2 Å². The van der Waals surface area contributed by atoms with Crippen molar-refractivity contribution in [3.8, 4) is 0 Å². The number of anilines is 1. The molecule has 0 spiro atoms. The molecular weight excluding hydrogens is 360 g/mol. The summed E-state index contributed by atoms with van der Waals surface area (Å²) in [6, 6.07) is 6.56. The van der Waals surface area contributed by atoms with Gasteiger partial charge in [0.15, 0.2) is 5.13 Å². The summed E-state index contributed by atoms with van der Waals surface area (Å²) in [6.07, 6.45) is 3.01. The van der Waals surface area contributed by atoms with Gasteiger partial charge in [-0.25, -0.2) is 18.2 Å². The monoisotopic (exact) mass is 380 g/mol. The van der Waals surface area contributed by atoms with E-state index >= 15 is 0 Å². The summed E-state index contributed by atoms with van der Waals surface area (Å²) in [5, 5.41) is 0.200.